The standard InChI is InChI=1S/C9H11FN2O4S/c10-4-2-12(9(15)11-8(4)14)7-1-6(17)5(3-13)16-7/h2,5-7,13,17H,1,3H2,(H,11,14,15)/t5-,6?,7-/m0/s1. The number of aromatic nitrogens is 2. The van der Waals surface area contributed by atoms with Crippen molar-refractivity contribution in [3.05, 3.63) is 32.9 Å². The first kappa shape index (κ1) is 12.3. The van der Waals surface area contributed by atoms with Crippen LogP contribution < -0.4 is 11.2 Å². The van der Waals surface area contributed by atoms with Gasteiger partial charge in [0.05, 0.1) is 18.9 Å². The molecule has 1 aromatic heterocycles. The van der Waals surface area contributed by atoms with Gasteiger partial charge in [-0.25, -0.2) is 4.79 Å². The molecule has 3 atom stereocenters. The number of hydrogen-bond donors (Lipinski definition) is 3. The molecule has 1 saturated heterocycles. The molecule has 0 aromatic carbocycles. The van der Waals surface area contributed by atoms with Crippen LogP contribution >= 0.6 is 12.6 Å². The van der Waals surface area contributed by atoms with Crippen molar-refractivity contribution in [1.29, 1.82) is 0 Å². The fourth-order valence-electron chi connectivity index (χ4n) is 1.72. The lowest BCUT2D eigenvalue weighted by atomic mass is 10.2. The van der Waals surface area contributed by atoms with Crippen LogP contribution in [0.3, 0.4) is 0 Å². The van der Waals surface area contributed by atoms with Gasteiger partial charge in [0.2, 0.25) is 5.82 Å². The Morgan fingerprint density at radius 2 is 2.35 bits per heavy atom. The van der Waals surface area contributed by atoms with Crippen LogP contribution in [0.2, 0.25) is 0 Å². The summed E-state index contributed by atoms with van der Waals surface area (Å²) in [5.74, 6) is -1.06. The summed E-state index contributed by atoms with van der Waals surface area (Å²) in [6.45, 7) is -0.231. The quantitative estimate of drug-likeness (QED) is 0.613. The summed E-state index contributed by atoms with van der Waals surface area (Å²) in [6, 6.07) is 0. The van der Waals surface area contributed by atoms with E-state index in [0.717, 1.165) is 10.8 Å². The summed E-state index contributed by atoms with van der Waals surface area (Å²) in [6.07, 6.45) is -0.0926. The zero-order valence-electron chi connectivity index (χ0n) is 8.67. The van der Waals surface area contributed by atoms with Crippen LogP contribution in [0.25, 0.3) is 0 Å². The monoisotopic (exact) mass is 262 g/mol. The molecule has 1 aliphatic heterocycles. The first-order valence-corrected chi connectivity index (χ1v) is 5.50. The molecule has 1 fully saturated rings. The first-order chi connectivity index (χ1) is 8.02. The van der Waals surface area contributed by atoms with Gasteiger partial charge in [-0.15, -0.1) is 0 Å². The smallest absolute Gasteiger partial charge is 0.330 e. The van der Waals surface area contributed by atoms with E-state index in [4.69, 9.17) is 9.84 Å². The van der Waals surface area contributed by atoms with E-state index in [0.29, 0.717) is 6.42 Å². The minimum Gasteiger partial charge on any atom is -0.394 e. The van der Waals surface area contributed by atoms with Gasteiger partial charge in [0.25, 0.3) is 5.56 Å². The normalized spacial score (nSPS) is 28.5. The van der Waals surface area contributed by atoms with Crippen LogP contribution in [0.1, 0.15) is 12.6 Å². The summed E-state index contributed by atoms with van der Waals surface area (Å²) in [5, 5.41) is 8.73. The Hall–Kier alpha value is -1.12. The molecule has 94 valence electrons. The zero-order valence-corrected chi connectivity index (χ0v) is 9.56. The molecular weight excluding hydrogens is 251 g/mol. The van der Waals surface area contributed by atoms with Gasteiger partial charge in [0, 0.05) is 11.7 Å². The number of aliphatic hydroxyl groups excluding tert-OH is 1. The van der Waals surface area contributed by atoms with Crippen molar-refractivity contribution in [2.45, 2.75) is 24.0 Å². The number of rotatable bonds is 2. The molecule has 8 heteroatoms. The minimum absolute atomic E-state index is 0.231. The van der Waals surface area contributed by atoms with Crippen LogP contribution in [0.5, 0.6) is 0 Å². The molecule has 0 spiro atoms. The van der Waals surface area contributed by atoms with E-state index in [2.05, 4.69) is 12.6 Å². The Kier molecular flexibility index (Phi) is 3.36. The van der Waals surface area contributed by atoms with Crippen LogP contribution in [-0.2, 0) is 4.74 Å². The van der Waals surface area contributed by atoms with Crippen molar-refractivity contribution >= 4 is 12.6 Å². The van der Waals surface area contributed by atoms with Crippen molar-refractivity contribution in [3.8, 4) is 0 Å². The minimum atomic E-state index is -1.06. The lowest BCUT2D eigenvalue weighted by Gasteiger charge is -2.14. The van der Waals surface area contributed by atoms with Gasteiger partial charge in [-0.3, -0.25) is 14.3 Å². The molecule has 2 heterocycles. The van der Waals surface area contributed by atoms with Crippen molar-refractivity contribution in [3.63, 3.8) is 0 Å². The number of nitrogens with zero attached hydrogens (tertiary/aromatic N) is 1. The molecule has 6 nitrogen and oxygen atoms in total. The van der Waals surface area contributed by atoms with Crippen LogP contribution in [-0.4, -0.2) is 32.6 Å². The molecular formula is C9H11FN2O4S. The Morgan fingerprint density at radius 1 is 1.65 bits per heavy atom. The van der Waals surface area contributed by atoms with Gasteiger partial charge in [-0.2, -0.15) is 17.0 Å². The van der Waals surface area contributed by atoms with Crippen molar-refractivity contribution in [2.24, 2.45) is 0 Å². The summed E-state index contributed by atoms with van der Waals surface area (Å²) < 4.78 is 19.3. The molecule has 0 bridgehead atoms. The van der Waals surface area contributed by atoms with Crippen molar-refractivity contribution < 1.29 is 14.2 Å². The third-order valence-corrected chi connectivity index (χ3v) is 3.16. The lowest BCUT2D eigenvalue weighted by molar-refractivity contribution is -0.0241. The third-order valence-electron chi connectivity index (χ3n) is 2.62. The highest BCUT2D eigenvalue weighted by Gasteiger charge is 2.34. The number of thiol groups is 1. The zero-order chi connectivity index (χ0) is 12.6. The average molecular weight is 262 g/mol. The van der Waals surface area contributed by atoms with Crippen LogP contribution in [0.15, 0.2) is 15.8 Å². The number of H-pyrrole nitrogens is 1. The van der Waals surface area contributed by atoms with Gasteiger partial charge in [0.15, 0.2) is 0 Å². The van der Waals surface area contributed by atoms with Gasteiger partial charge >= 0.3 is 5.69 Å². The van der Waals surface area contributed by atoms with E-state index in [1.165, 1.54) is 0 Å². The highest BCUT2D eigenvalue weighted by Crippen LogP contribution is 2.30. The average Bonchev–Trinajstić information content (AvgIpc) is 2.65. The maximum Gasteiger partial charge on any atom is 0.330 e. The molecule has 1 aliphatic rings. The largest absolute Gasteiger partial charge is 0.394 e. The maximum atomic E-state index is 13.1. The van der Waals surface area contributed by atoms with Gasteiger partial charge in [-0.1, -0.05) is 0 Å². The van der Waals surface area contributed by atoms with Crippen LogP contribution in [0.4, 0.5) is 4.39 Å². The number of aromatic amines is 1. The molecule has 2 rings (SSSR count). The Morgan fingerprint density at radius 3 is 2.94 bits per heavy atom. The number of hydrogen-bond acceptors (Lipinski definition) is 5. The summed E-state index contributed by atoms with van der Waals surface area (Å²) >= 11 is 4.19. The molecule has 0 saturated carbocycles. The predicted molar refractivity (Wildman–Crippen MR) is 59.7 cm³/mol. The molecule has 17 heavy (non-hydrogen) atoms. The topological polar surface area (TPSA) is 84.3 Å². The molecule has 1 aromatic rings. The Balaban J connectivity index is 2.34. The summed E-state index contributed by atoms with van der Waals surface area (Å²) in [7, 11) is 0. The number of halogens is 1. The first-order valence-electron chi connectivity index (χ1n) is 4.98. The molecule has 1 unspecified atom stereocenters. The van der Waals surface area contributed by atoms with E-state index >= 15 is 0 Å². The van der Waals surface area contributed by atoms with E-state index in [-0.39, 0.29) is 11.9 Å². The fourth-order valence-corrected chi connectivity index (χ4v) is 2.07. The van der Waals surface area contributed by atoms with Crippen molar-refractivity contribution in [1.82, 2.24) is 9.55 Å². The Labute approximate surface area is 100 Å². The maximum absolute atomic E-state index is 13.1. The number of ether oxygens (including phenoxy) is 1. The SMILES string of the molecule is O=c1[nH]c(=O)n([C@@H]2CC(S)[C@H](CO)O2)cc1F. The summed E-state index contributed by atoms with van der Waals surface area (Å²) in [5.41, 5.74) is -1.81. The molecule has 2 N–H and O–H groups in total. The molecule has 0 radical (unpaired) electrons. The molecule has 0 amide bonds. The second-order valence-electron chi connectivity index (χ2n) is 3.76. The van der Waals surface area contributed by atoms with Gasteiger partial charge < -0.3 is 9.84 Å². The molecule has 0 aliphatic carbocycles. The van der Waals surface area contributed by atoms with E-state index in [9.17, 15) is 14.0 Å². The second kappa shape index (κ2) is 4.63. The summed E-state index contributed by atoms with van der Waals surface area (Å²) in [4.78, 5) is 24.1. The predicted octanol–water partition coefficient (Wildman–Crippen LogP) is -0.746. The van der Waals surface area contributed by atoms with E-state index in [1.807, 2.05) is 4.98 Å². The Bertz CT molecular complexity index is 528. The number of nitrogens with one attached hydrogen (secondary N) is 1. The van der Waals surface area contributed by atoms with Gasteiger partial charge in [0.1, 0.15) is 6.23 Å². The van der Waals surface area contributed by atoms with Crippen LogP contribution in [0, 0.1) is 5.82 Å². The fraction of sp³-hybridized carbons (Fsp3) is 0.556. The second-order valence-corrected chi connectivity index (χ2v) is 4.42. The van der Waals surface area contributed by atoms with Gasteiger partial charge in [-0.05, 0) is 0 Å². The highest BCUT2D eigenvalue weighted by molar-refractivity contribution is 7.81. The van der Waals surface area contributed by atoms with E-state index < -0.39 is 29.4 Å². The van der Waals surface area contributed by atoms with Crippen molar-refractivity contribution in [2.75, 3.05) is 6.61 Å². The number of aliphatic hydroxyl groups is 1. The third kappa shape index (κ3) is 2.28. The highest BCUT2D eigenvalue weighted by atomic mass is 32.1. The van der Waals surface area contributed by atoms with E-state index in [1.54, 1.807) is 0 Å². The lowest BCUT2D eigenvalue weighted by Crippen LogP contribution is -2.34.